The summed E-state index contributed by atoms with van der Waals surface area (Å²) in [6.45, 7) is 4.48. The first-order valence-electron chi connectivity index (χ1n) is 9.27. The molecule has 130 valence electrons. The summed E-state index contributed by atoms with van der Waals surface area (Å²) in [6, 6.07) is 14.7. The Morgan fingerprint density at radius 1 is 1.12 bits per heavy atom. The van der Waals surface area contributed by atoms with Crippen molar-refractivity contribution in [2.24, 2.45) is 0 Å². The van der Waals surface area contributed by atoms with Crippen molar-refractivity contribution in [3.8, 4) is 0 Å². The van der Waals surface area contributed by atoms with Crippen molar-refractivity contribution in [3.05, 3.63) is 59.2 Å². The number of nitrogens with zero attached hydrogens (tertiary/aromatic N) is 1. The molecule has 0 bridgehead atoms. The van der Waals surface area contributed by atoms with Gasteiger partial charge in [-0.25, -0.2) is 4.79 Å². The number of rotatable bonds is 3. The van der Waals surface area contributed by atoms with Crippen molar-refractivity contribution < 1.29 is 4.79 Å². The Kier molecular flexibility index (Phi) is 4.45. The van der Waals surface area contributed by atoms with E-state index in [1.165, 1.54) is 42.6 Å². The van der Waals surface area contributed by atoms with E-state index in [1.54, 1.807) is 0 Å². The van der Waals surface area contributed by atoms with E-state index in [-0.39, 0.29) is 6.03 Å². The molecule has 25 heavy (non-hydrogen) atoms. The van der Waals surface area contributed by atoms with Gasteiger partial charge in [0.15, 0.2) is 0 Å². The SMILES string of the molecule is CCc1cccc(NC(=O)Nc2ccc3c(c2)C2CCCN2CC3)c1. The lowest BCUT2D eigenvalue weighted by atomic mass is 9.92. The van der Waals surface area contributed by atoms with Gasteiger partial charge in [0.25, 0.3) is 0 Å². The van der Waals surface area contributed by atoms with E-state index in [1.807, 2.05) is 24.3 Å². The van der Waals surface area contributed by atoms with E-state index < -0.39 is 0 Å². The van der Waals surface area contributed by atoms with Crippen LogP contribution >= 0.6 is 0 Å². The fourth-order valence-corrected chi connectivity index (χ4v) is 4.08. The average Bonchev–Trinajstić information content (AvgIpc) is 3.11. The predicted molar refractivity (Wildman–Crippen MR) is 102 cm³/mol. The van der Waals surface area contributed by atoms with Gasteiger partial charge in [0, 0.05) is 24.0 Å². The molecule has 1 fully saturated rings. The van der Waals surface area contributed by atoms with Crippen LogP contribution in [0.4, 0.5) is 16.2 Å². The molecule has 2 aromatic rings. The second kappa shape index (κ2) is 6.89. The van der Waals surface area contributed by atoms with E-state index in [0.717, 1.165) is 24.2 Å². The van der Waals surface area contributed by atoms with Gasteiger partial charge in [-0.05, 0) is 73.2 Å². The van der Waals surface area contributed by atoms with E-state index >= 15 is 0 Å². The lowest BCUT2D eigenvalue weighted by molar-refractivity contribution is 0.244. The minimum absolute atomic E-state index is 0.188. The smallest absolute Gasteiger partial charge is 0.308 e. The number of nitrogens with one attached hydrogen (secondary N) is 2. The highest BCUT2D eigenvalue weighted by atomic mass is 16.2. The summed E-state index contributed by atoms with van der Waals surface area (Å²) in [4.78, 5) is 14.9. The Labute approximate surface area is 149 Å². The molecular weight excluding hydrogens is 310 g/mol. The van der Waals surface area contributed by atoms with Crippen molar-refractivity contribution in [3.63, 3.8) is 0 Å². The minimum Gasteiger partial charge on any atom is -0.308 e. The van der Waals surface area contributed by atoms with Gasteiger partial charge in [-0.2, -0.15) is 0 Å². The molecule has 0 spiro atoms. The fourth-order valence-electron chi connectivity index (χ4n) is 4.08. The second-order valence-corrected chi connectivity index (χ2v) is 6.99. The number of benzene rings is 2. The minimum atomic E-state index is -0.188. The zero-order chi connectivity index (χ0) is 17.2. The van der Waals surface area contributed by atoms with Crippen LogP contribution in [0.5, 0.6) is 0 Å². The number of aryl methyl sites for hydroxylation is 1. The Balaban J connectivity index is 1.47. The Morgan fingerprint density at radius 3 is 2.80 bits per heavy atom. The molecule has 0 aliphatic carbocycles. The monoisotopic (exact) mass is 335 g/mol. The first-order valence-corrected chi connectivity index (χ1v) is 9.27. The van der Waals surface area contributed by atoms with E-state index in [4.69, 9.17) is 0 Å². The summed E-state index contributed by atoms with van der Waals surface area (Å²) < 4.78 is 0. The molecule has 0 saturated carbocycles. The molecule has 2 N–H and O–H groups in total. The van der Waals surface area contributed by atoms with Gasteiger partial charge in [0.1, 0.15) is 0 Å². The van der Waals surface area contributed by atoms with Gasteiger partial charge in [0.05, 0.1) is 0 Å². The fraction of sp³-hybridized carbons (Fsp3) is 0.381. The lowest BCUT2D eigenvalue weighted by Crippen LogP contribution is -2.31. The number of hydrogen-bond acceptors (Lipinski definition) is 2. The molecule has 4 heteroatoms. The molecule has 2 aromatic carbocycles. The van der Waals surface area contributed by atoms with Crippen LogP contribution in [0.3, 0.4) is 0 Å². The Bertz CT molecular complexity index is 786. The summed E-state index contributed by atoms with van der Waals surface area (Å²) in [7, 11) is 0. The van der Waals surface area contributed by atoms with Crippen LogP contribution in [0, 0.1) is 0 Å². The molecule has 1 saturated heterocycles. The summed E-state index contributed by atoms with van der Waals surface area (Å²) in [6.07, 6.45) is 4.57. The number of fused-ring (bicyclic) bond motifs is 3. The quantitative estimate of drug-likeness (QED) is 0.862. The summed E-state index contributed by atoms with van der Waals surface area (Å²) >= 11 is 0. The maximum Gasteiger partial charge on any atom is 0.323 e. The van der Waals surface area contributed by atoms with Gasteiger partial charge in [-0.3, -0.25) is 4.90 Å². The first kappa shape index (κ1) is 16.2. The van der Waals surface area contributed by atoms with Crippen molar-refractivity contribution in [2.45, 2.75) is 38.6 Å². The third-order valence-electron chi connectivity index (χ3n) is 5.39. The second-order valence-electron chi connectivity index (χ2n) is 6.99. The van der Waals surface area contributed by atoms with E-state index in [2.05, 4.69) is 40.7 Å². The standard InChI is InChI=1S/C21H25N3O/c1-2-15-5-3-6-17(13-15)22-21(25)23-18-9-8-16-10-12-24-11-4-7-20(24)19(16)14-18/h3,5-6,8-9,13-14,20H,2,4,7,10-12H2,1H3,(H2,22,23,25). The summed E-state index contributed by atoms with van der Waals surface area (Å²) in [5.41, 5.74) is 5.75. The number of urea groups is 1. The molecular formula is C21H25N3O. The molecule has 4 rings (SSSR count). The van der Waals surface area contributed by atoms with E-state index in [9.17, 15) is 4.79 Å². The van der Waals surface area contributed by atoms with Crippen LogP contribution in [0.2, 0.25) is 0 Å². The third kappa shape index (κ3) is 3.40. The lowest BCUT2D eigenvalue weighted by Gasteiger charge is -2.32. The summed E-state index contributed by atoms with van der Waals surface area (Å²) in [5, 5.41) is 5.92. The molecule has 2 aliphatic heterocycles. The van der Waals surface area contributed by atoms with Gasteiger partial charge >= 0.3 is 6.03 Å². The number of anilines is 2. The number of amides is 2. The zero-order valence-electron chi connectivity index (χ0n) is 14.7. The van der Waals surface area contributed by atoms with Gasteiger partial charge in [-0.1, -0.05) is 25.1 Å². The molecule has 4 nitrogen and oxygen atoms in total. The largest absolute Gasteiger partial charge is 0.323 e. The molecule has 2 aliphatic rings. The maximum atomic E-state index is 12.3. The zero-order valence-corrected chi connectivity index (χ0v) is 14.7. The summed E-state index contributed by atoms with van der Waals surface area (Å²) in [5.74, 6) is 0. The maximum absolute atomic E-state index is 12.3. The highest BCUT2D eigenvalue weighted by molar-refractivity contribution is 5.99. The number of carbonyl (C=O) groups is 1. The average molecular weight is 335 g/mol. The number of hydrogen-bond donors (Lipinski definition) is 2. The van der Waals surface area contributed by atoms with Gasteiger partial charge < -0.3 is 10.6 Å². The Morgan fingerprint density at radius 2 is 1.96 bits per heavy atom. The molecule has 2 amide bonds. The van der Waals surface area contributed by atoms with Crippen molar-refractivity contribution in [1.29, 1.82) is 0 Å². The predicted octanol–water partition coefficient (Wildman–Crippen LogP) is 4.59. The van der Waals surface area contributed by atoms with E-state index in [0.29, 0.717) is 6.04 Å². The van der Waals surface area contributed by atoms with Crippen molar-refractivity contribution in [2.75, 3.05) is 23.7 Å². The third-order valence-corrected chi connectivity index (χ3v) is 5.39. The molecule has 0 aromatic heterocycles. The topological polar surface area (TPSA) is 44.4 Å². The molecule has 1 unspecified atom stereocenters. The van der Waals surface area contributed by atoms with Crippen LogP contribution in [0.15, 0.2) is 42.5 Å². The first-order chi connectivity index (χ1) is 12.2. The molecule has 1 atom stereocenters. The highest BCUT2D eigenvalue weighted by Gasteiger charge is 2.31. The van der Waals surface area contributed by atoms with Gasteiger partial charge in [0.2, 0.25) is 0 Å². The molecule has 0 radical (unpaired) electrons. The van der Waals surface area contributed by atoms with Crippen LogP contribution in [0.25, 0.3) is 0 Å². The Hall–Kier alpha value is -2.33. The van der Waals surface area contributed by atoms with Crippen LogP contribution in [0.1, 0.15) is 42.5 Å². The molecule has 2 heterocycles. The number of carbonyl (C=O) groups excluding carboxylic acids is 1. The normalized spacial score (nSPS) is 19.2. The van der Waals surface area contributed by atoms with Gasteiger partial charge in [-0.15, -0.1) is 0 Å². The highest BCUT2D eigenvalue weighted by Crippen LogP contribution is 2.38. The van der Waals surface area contributed by atoms with Crippen LogP contribution in [-0.2, 0) is 12.8 Å². The van der Waals surface area contributed by atoms with Crippen LogP contribution < -0.4 is 10.6 Å². The van der Waals surface area contributed by atoms with Crippen LogP contribution in [-0.4, -0.2) is 24.0 Å². The van der Waals surface area contributed by atoms with Crippen molar-refractivity contribution in [1.82, 2.24) is 4.90 Å². The van der Waals surface area contributed by atoms with Crippen molar-refractivity contribution >= 4 is 17.4 Å².